The normalized spacial score (nSPS) is 73.0. The SMILES string of the molecule is C1=C[C@H]2C3C4[C@H]5C=C[C@@H]4C4(CNCC524)[C@H]13.Cl. The van der Waals surface area contributed by atoms with Crippen LogP contribution in [0.1, 0.15) is 0 Å². The summed E-state index contributed by atoms with van der Waals surface area (Å²) in [6.07, 6.45) is 10.3. The van der Waals surface area contributed by atoms with Gasteiger partial charge in [-0.3, -0.25) is 0 Å². The lowest BCUT2D eigenvalue weighted by molar-refractivity contribution is 0.0650. The zero-order valence-electron chi connectivity index (χ0n) is 9.10. The molecule has 0 aromatic heterocycles. The number of hydrogen-bond acceptors (Lipinski definition) is 1. The Morgan fingerprint density at radius 3 is 1.50 bits per heavy atom. The lowest BCUT2D eigenvalue weighted by atomic mass is 9.55. The lowest BCUT2D eigenvalue weighted by Gasteiger charge is -2.47. The predicted molar refractivity (Wildman–Crippen MR) is 64.2 cm³/mol. The van der Waals surface area contributed by atoms with Crippen LogP contribution in [-0.4, -0.2) is 13.1 Å². The summed E-state index contributed by atoms with van der Waals surface area (Å²) < 4.78 is 0. The molecule has 1 saturated heterocycles. The van der Waals surface area contributed by atoms with Crippen molar-refractivity contribution in [3.05, 3.63) is 24.3 Å². The molecule has 0 aromatic rings. The van der Waals surface area contributed by atoms with Gasteiger partial charge in [0.25, 0.3) is 0 Å². The molecule has 2 heteroatoms. The molecule has 1 N–H and O–H groups in total. The number of rotatable bonds is 0. The molecule has 2 spiro atoms. The molecule has 4 saturated carbocycles. The fourth-order valence-electron chi connectivity index (χ4n) is 7.42. The number of halogens is 1. The van der Waals surface area contributed by atoms with E-state index in [0.717, 1.165) is 35.5 Å². The van der Waals surface area contributed by atoms with E-state index in [4.69, 9.17) is 0 Å². The second kappa shape index (κ2) is 2.06. The Morgan fingerprint density at radius 2 is 1.12 bits per heavy atom. The first-order chi connectivity index (χ1) is 7.41. The zero-order valence-corrected chi connectivity index (χ0v) is 9.91. The third-order valence-corrected chi connectivity index (χ3v) is 7.24. The molecule has 0 aromatic carbocycles. The highest BCUT2D eigenvalue weighted by molar-refractivity contribution is 5.85. The van der Waals surface area contributed by atoms with Crippen LogP contribution >= 0.6 is 12.4 Å². The van der Waals surface area contributed by atoms with Crippen LogP contribution in [-0.2, 0) is 0 Å². The van der Waals surface area contributed by atoms with Gasteiger partial charge in [0.15, 0.2) is 0 Å². The van der Waals surface area contributed by atoms with Crippen LogP contribution in [0.25, 0.3) is 0 Å². The molecule has 8 bridgehead atoms. The Bertz CT molecular complexity index is 395. The monoisotopic (exact) mass is 233 g/mol. The van der Waals surface area contributed by atoms with Crippen LogP contribution in [0.5, 0.6) is 0 Å². The number of hydrogen-bond donors (Lipinski definition) is 1. The van der Waals surface area contributed by atoms with Crippen LogP contribution in [0.2, 0.25) is 0 Å². The van der Waals surface area contributed by atoms with Crippen LogP contribution in [0.4, 0.5) is 0 Å². The summed E-state index contributed by atoms with van der Waals surface area (Å²) in [5.41, 5.74) is 1.36. The highest BCUT2D eigenvalue weighted by atomic mass is 35.5. The molecule has 8 atom stereocenters. The second-order valence-corrected chi connectivity index (χ2v) is 6.71. The summed E-state index contributed by atoms with van der Waals surface area (Å²) in [4.78, 5) is 0. The Balaban J connectivity index is 0.000000667. The molecule has 5 fully saturated rings. The van der Waals surface area contributed by atoms with E-state index in [-0.39, 0.29) is 12.4 Å². The van der Waals surface area contributed by atoms with Crippen LogP contribution < -0.4 is 5.32 Å². The van der Waals surface area contributed by atoms with Crippen molar-refractivity contribution in [2.75, 3.05) is 13.1 Å². The summed E-state index contributed by atoms with van der Waals surface area (Å²) >= 11 is 0. The minimum atomic E-state index is 0. The molecule has 7 rings (SSSR count). The van der Waals surface area contributed by atoms with Crippen molar-refractivity contribution in [2.24, 2.45) is 46.3 Å². The summed E-state index contributed by atoms with van der Waals surface area (Å²) in [5, 5.41) is 3.74. The highest BCUT2D eigenvalue weighted by Crippen LogP contribution is 2.90. The minimum Gasteiger partial charge on any atom is -0.315 e. The first kappa shape index (κ1) is 8.77. The lowest BCUT2D eigenvalue weighted by Crippen LogP contribution is -2.47. The molecule has 7 aliphatic rings. The maximum Gasteiger partial charge on any atom is 0.00390 e. The predicted octanol–water partition coefficient (Wildman–Crippen LogP) is 1.86. The molecule has 6 aliphatic carbocycles. The largest absolute Gasteiger partial charge is 0.315 e. The molecule has 1 heterocycles. The van der Waals surface area contributed by atoms with Gasteiger partial charge in [0.2, 0.25) is 0 Å². The quantitative estimate of drug-likeness (QED) is 0.630. The Labute approximate surface area is 102 Å². The second-order valence-electron chi connectivity index (χ2n) is 6.71. The first-order valence-corrected chi connectivity index (χ1v) is 6.49. The zero-order chi connectivity index (χ0) is 9.41. The molecule has 4 unspecified atom stereocenters. The van der Waals surface area contributed by atoms with E-state index in [2.05, 4.69) is 29.6 Å². The molecular weight excluding hydrogens is 218 g/mol. The van der Waals surface area contributed by atoms with E-state index in [0.29, 0.717) is 10.8 Å². The maximum absolute atomic E-state index is 3.74. The number of nitrogens with one attached hydrogen (secondary N) is 1. The summed E-state index contributed by atoms with van der Waals surface area (Å²) in [5.74, 6) is 5.92. The first-order valence-electron chi connectivity index (χ1n) is 6.49. The van der Waals surface area contributed by atoms with E-state index in [1.807, 2.05) is 0 Å². The van der Waals surface area contributed by atoms with Gasteiger partial charge < -0.3 is 5.32 Å². The molecule has 84 valence electrons. The summed E-state index contributed by atoms with van der Waals surface area (Å²) in [6, 6.07) is 0. The van der Waals surface area contributed by atoms with Crippen molar-refractivity contribution >= 4 is 12.4 Å². The average molecular weight is 234 g/mol. The standard InChI is InChI=1S/C14H15N.ClH/c1-2-8-11-7(1)13-5-15-6-14(8,13)10-4-3-9(13)12(10)11;/h1-4,7-12,15H,5-6H2;1H/t7-,8+,9+,10-,11?,12?,13?,14?;. The Kier molecular flexibility index (Phi) is 1.13. The van der Waals surface area contributed by atoms with Crippen molar-refractivity contribution in [2.45, 2.75) is 0 Å². The van der Waals surface area contributed by atoms with E-state index in [1.54, 1.807) is 0 Å². The molecule has 0 radical (unpaired) electrons. The van der Waals surface area contributed by atoms with Gasteiger partial charge in [-0.1, -0.05) is 24.3 Å². The fourth-order valence-corrected chi connectivity index (χ4v) is 7.42. The van der Waals surface area contributed by atoms with Gasteiger partial charge in [-0.15, -0.1) is 12.4 Å². The van der Waals surface area contributed by atoms with Crippen molar-refractivity contribution in [1.29, 1.82) is 0 Å². The van der Waals surface area contributed by atoms with E-state index in [1.165, 1.54) is 13.1 Å². The molecule has 1 aliphatic heterocycles. The Hall–Kier alpha value is -0.270. The van der Waals surface area contributed by atoms with Gasteiger partial charge in [-0.2, -0.15) is 0 Å². The van der Waals surface area contributed by atoms with E-state index in [9.17, 15) is 0 Å². The molecule has 1 nitrogen and oxygen atoms in total. The van der Waals surface area contributed by atoms with Crippen molar-refractivity contribution in [3.63, 3.8) is 0 Å². The van der Waals surface area contributed by atoms with E-state index < -0.39 is 0 Å². The molecule has 0 amide bonds. The number of allylic oxidation sites excluding steroid dienone is 4. The average Bonchev–Trinajstić information content (AvgIpc) is 3.03. The fraction of sp³-hybridized carbons (Fsp3) is 0.714. The van der Waals surface area contributed by atoms with E-state index >= 15 is 0 Å². The maximum atomic E-state index is 3.74. The van der Waals surface area contributed by atoms with Crippen molar-refractivity contribution in [3.8, 4) is 0 Å². The topological polar surface area (TPSA) is 12.0 Å². The third-order valence-electron chi connectivity index (χ3n) is 7.24. The highest BCUT2D eigenvalue weighted by Gasteiger charge is 2.89. The Morgan fingerprint density at radius 1 is 0.750 bits per heavy atom. The van der Waals surface area contributed by atoms with Gasteiger partial charge in [0, 0.05) is 23.9 Å². The van der Waals surface area contributed by atoms with Gasteiger partial charge >= 0.3 is 0 Å². The van der Waals surface area contributed by atoms with Gasteiger partial charge in [0.05, 0.1) is 0 Å². The summed E-state index contributed by atoms with van der Waals surface area (Å²) in [7, 11) is 0. The third kappa shape index (κ3) is 0.445. The smallest absolute Gasteiger partial charge is 0.00390 e. The van der Waals surface area contributed by atoms with Crippen LogP contribution in [0, 0.1) is 46.3 Å². The van der Waals surface area contributed by atoms with Gasteiger partial charge in [-0.05, 0) is 35.5 Å². The van der Waals surface area contributed by atoms with Crippen LogP contribution in [0.15, 0.2) is 24.3 Å². The van der Waals surface area contributed by atoms with Crippen LogP contribution in [0.3, 0.4) is 0 Å². The van der Waals surface area contributed by atoms with Gasteiger partial charge in [0.1, 0.15) is 0 Å². The van der Waals surface area contributed by atoms with Crippen molar-refractivity contribution < 1.29 is 0 Å². The van der Waals surface area contributed by atoms with Crippen molar-refractivity contribution in [1.82, 2.24) is 5.32 Å². The van der Waals surface area contributed by atoms with Gasteiger partial charge in [-0.25, -0.2) is 0 Å². The molecule has 16 heavy (non-hydrogen) atoms. The summed E-state index contributed by atoms with van der Waals surface area (Å²) in [6.45, 7) is 2.63. The molecular formula is C14H16ClN. The minimum absolute atomic E-state index is 0.